The molecule has 3 aromatic rings. The van der Waals surface area contributed by atoms with Crippen LogP contribution in [0.1, 0.15) is 29.5 Å². The standard InChI is InChI=1S/C24H24N2O/c1-17-7-8-22-21(13-17)20(16-26(22)15-18-5-3-2-4-6-18)14-23-24(27)19-9-11-25(23)12-10-19/h2-8,13-14,16,19H,9-12,15H2,1H3/b23-14-. The molecule has 27 heavy (non-hydrogen) atoms. The summed E-state index contributed by atoms with van der Waals surface area (Å²) >= 11 is 0. The maximum absolute atomic E-state index is 12.8. The molecule has 3 nitrogen and oxygen atoms in total. The van der Waals surface area contributed by atoms with Crippen molar-refractivity contribution in [1.29, 1.82) is 0 Å². The lowest BCUT2D eigenvalue weighted by molar-refractivity contribution is -0.125. The number of benzene rings is 2. The van der Waals surface area contributed by atoms with E-state index in [0.29, 0.717) is 5.78 Å². The van der Waals surface area contributed by atoms with Crippen molar-refractivity contribution >= 4 is 22.8 Å². The molecule has 136 valence electrons. The summed E-state index contributed by atoms with van der Waals surface area (Å²) in [7, 11) is 0. The fourth-order valence-corrected chi connectivity index (χ4v) is 4.52. The van der Waals surface area contributed by atoms with Gasteiger partial charge in [0.25, 0.3) is 0 Å². The number of aromatic nitrogens is 1. The third-order valence-electron chi connectivity index (χ3n) is 6.01. The zero-order chi connectivity index (χ0) is 18.4. The minimum atomic E-state index is 0.237. The summed E-state index contributed by atoms with van der Waals surface area (Å²) in [5, 5.41) is 1.23. The molecule has 0 atom stereocenters. The summed E-state index contributed by atoms with van der Waals surface area (Å²) < 4.78 is 2.30. The van der Waals surface area contributed by atoms with Crippen molar-refractivity contribution in [2.24, 2.45) is 5.92 Å². The predicted molar refractivity (Wildman–Crippen MR) is 110 cm³/mol. The molecule has 0 saturated carbocycles. The third kappa shape index (κ3) is 2.87. The number of ketones is 1. The summed E-state index contributed by atoms with van der Waals surface area (Å²) in [6, 6.07) is 17.1. The van der Waals surface area contributed by atoms with Crippen molar-refractivity contribution in [3.63, 3.8) is 0 Å². The lowest BCUT2D eigenvalue weighted by Gasteiger charge is -2.41. The van der Waals surface area contributed by atoms with Crippen LogP contribution in [0.5, 0.6) is 0 Å². The number of allylic oxidation sites excluding steroid dienone is 1. The first-order valence-corrected chi connectivity index (χ1v) is 9.83. The Kier molecular flexibility index (Phi) is 3.89. The molecule has 3 fully saturated rings. The average molecular weight is 356 g/mol. The highest BCUT2D eigenvalue weighted by Crippen LogP contribution is 2.34. The first-order valence-electron chi connectivity index (χ1n) is 9.83. The van der Waals surface area contributed by atoms with Gasteiger partial charge in [-0.05, 0) is 43.5 Å². The molecule has 3 aliphatic rings. The van der Waals surface area contributed by atoms with E-state index in [1.807, 2.05) is 0 Å². The van der Waals surface area contributed by atoms with Crippen LogP contribution in [0.4, 0.5) is 0 Å². The van der Waals surface area contributed by atoms with Gasteiger partial charge in [0.15, 0.2) is 5.78 Å². The first-order chi connectivity index (χ1) is 13.2. The predicted octanol–water partition coefficient (Wildman–Crippen LogP) is 4.63. The van der Waals surface area contributed by atoms with Gasteiger partial charge in [-0.2, -0.15) is 0 Å². The van der Waals surface area contributed by atoms with E-state index in [4.69, 9.17) is 0 Å². The number of hydrogen-bond acceptors (Lipinski definition) is 2. The molecule has 3 heteroatoms. The molecule has 0 spiro atoms. The lowest BCUT2D eigenvalue weighted by atomic mass is 9.84. The lowest BCUT2D eigenvalue weighted by Crippen LogP contribution is -2.45. The van der Waals surface area contributed by atoms with Crippen molar-refractivity contribution in [3.05, 3.63) is 77.1 Å². The maximum atomic E-state index is 12.8. The highest BCUT2D eigenvalue weighted by Gasteiger charge is 2.36. The van der Waals surface area contributed by atoms with Crippen LogP contribution in [-0.2, 0) is 11.3 Å². The largest absolute Gasteiger partial charge is 0.369 e. The van der Waals surface area contributed by atoms with Gasteiger partial charge in [-0.15, -0.1) is 0 Å². The van der Waals surface area contributed by atoms with Crippen LogP contribution in [0.25, 0.3) is 17.0 Å². The van der Waals surface area contributed by atoms with Crippen LogP contribution in [0.2, 0.25) is 0 Å². The second kappa shape index (κ2) is 6.41. The van der Waals surface area contributed by atoms with Crippen molar-refractivity contribution in [3.8, 4) is 0 Å². The Balaban J connectivity index is 1.61. The van der Waals surface area contributed by atoms with Crippen LogP contribution < -0.4 is 0 Å². The monoisotopic (exact) mass is 356 g/mol. The number of carbonyl (C=O) groups is 1. The topological polar surface area (TPSA) is 25.2 Å². The van der Waals surface area contributed by atoms with Gasteiger partial charge in [0.2, 0.25) is 0 Å². The quantitative estimate of drug-likeness (QED) is 0.639. The van der Waals surface area contributed by atoms with E-state index in [-0.39, 0.29) is 5.92 Å². The summed E-state index contributed by atoms with van der Waals surface area (Å²) in [6.45, 7) is 5.00. The summed E-state index contributed by atoms with van der Waals surface area (Å²) in [5.74, 6) is 0.574. The fraction of sp³-hybridized carbons (Fsp3) is 0.292. The SMILES string of the molecule is Cc1ccc2c(c1)c(/C=C1/C(=O)C3CCN1CC3)cn2Cc1ccccc1. The first kappa shape index (κ1) is 16.4. The Morgan fingerprint density at radius 3 is 2.59 bits per heavy atom. The van der Waals surface area contributed by atoms with Crippen LogP contribution in [0, 0.1) is 12.8 Å². The molecular formula is C24H24N2O. The zero-order valence-corrected chi connectivity index (χ0v) is 15.7. The van der Waals surface area contributed by atoms with Gasteiger partial charge in [0, 0.05) is 48.2 Å². The number of rotatable bonds is 3. The minimum Gasteiger partial charge on any atom is -0.369 e. The molecule has 2 aromatic carbocycles. The molecule has 6 rings (SSSR count). The fourth-order valence-electron chi connectivity index (χ4n) is 4.52. The Labute approximate surface area is 159 Å². The number of piperidine rings is 3. The van der Waals surface area contributed by atoms with Gasteiger partial charge in [-0.1, -0.05) is 42.0 Å². The van der Waals surface area contributed by atoms with Gasteiger partial charge in [0.05, 0.1) is 5.70 Å². The van der Waals surface area contributed by atoms with E-state index < -0.39 is 0 Å². The number of Topliss-reactive ketones (excluding diaryl/α,β-unsaturated/α-hetero) is 1. The highest BCUT2D eigenvalue weighted by atomic mass is 16.1. The second-order valence-electron chi connectivity index (χ2n) is 7.87. The maximum Gasteiger partial charge on any atom is 0.182 e. The van der Waals surface area contributed by atoms with Crippen molar-refractivity contribution in [1.82, 2.24) is 9.47 Å². The van der Waals surface area contributed by atoms with Crippen molar-refractivity contribution < 1.29 is 4.79 Å². The molecule has 0 amide bonds. The summed E-state index contributed by atoms with van der Waals surface area (Å²) in [4.78, 5) is 15.1. The van der Waals surface area contributed by atoms with Gasteiger partial charge < -0.3 is 9.47 Å². The van der Waals surface area contributed by atoms with Crippen LogP contribution >= 0.6 is 0 Å². The molecule has 0 aliphatic carbocycles. The van der Waals surface area contributed by atoms with Gasteiger partial charge >= 0.3 is 0 Å². The van der Waals surface area contributed by atoms with E-state index >= 15 is 0 Å². The Bertz CT molecular complexity index is 1040. The van der Waals surface area contributed by atoms with Crippen LogP contribution in [0.15, 0.2) is 60.4 Å². The Hall–Kier alpha value is -2.81. The summed E-state index contributed by atoms with van der Waals surface area (Å²) in [5.41, 5.74) is 5.82. The number of fused-ring (bicyclic) bond motifs is 4. The second-order valence-corrected chi connectivity index (χ2v) is 7.87. The van der Waals surface area contributed by atoms with Gasteiger partial charge in [0.1, 0.15) is 0 Å². The molecule has 0 radical (unpaired) electrons. The molecule has 0 unspecified atom stereocenters. The third-order valence-corrected chi connectivity index (χ3v) is 6.01. The molecule has 1 aromatic heterocycles. The number of carbonyl (C=O) groups excluding carboxylic acids is 1. The highest BCUT2D eigenvalue weighted by molar-refractivity contribution is 6.04. The number of nitrogens with zero attached hydrogens (tertiary/aromatic N) is 2. The molecule has 3 aliphatic heterocycles. The van der Waals surface area contributed by atoms with Gasteiger partial charge in [-0.3, -0.25) is 4.79 Å². The molecule has 4 heterocycles. The van der Waals surface area contributed by atoms with Crippen LogP contribution in [-0.4, -0.2) is 28.3 Å². The molecule has 0 N–H and O–H groups in total. The van der Waals surface area contributed by atoms with E-state index in [1.165, 1.54) is 22.0 Å². The molecule has 3 saturated heterocycles. The van der Waals surface area contributed by atoms with Gasteiger partial charge in [-0.25, -0.2) is 0 Å². The summed E-state index contributed by atoms with van der Waals surface area (Å²) in [6.07, 6.45) is 6.38. The minimum absolute atomic E-state index is 0.237. The smallest absolute Gasteiger partial charge is 0.182 e. The van der Waals surface area contributed by atoms with E-state index in [9.17, 15) is 4.79 Å². The van der Waals surface area contributed by atoms with Crippen molar-refractivity contribution in [2.45, 2.75) is 26.3 Å². The van der Waals surface area contributed by atoms with Crippen LogP contribution in [0.3, 0.4) is 0 Å². The van der Waals surface area contributed by atoms with E-state index in [1.54, 1.807) is 0 Å². The number of aryl methyl sites for hydroxylation is 1. The Morgan fingerprint density at radius 2 is 1.85 bits per heavy atom. The van der Waals surface area contributed by atoms with Crippen molar-refractivity contribution in [2.75, 3.05) is 13.1 Å². The average Bonchev–Trinajstić information content (AvgIpc) is 3.02. The van der Waals surface area contributed by atoms with E-state index in [2.05, 4.69) is 77.2 Å². The number of hydrogen-bond donors (Lipinski definition) is 0. The molecule has 2 bridgehead atoms. The Morgan fingerprint density at radius 1 is 1.07 bits per heavy atom. The van der Waals surface area contributed by atoms with E-state index in [0.717, 1.165) is 43.7 Å². The molecular weight excluding hydrogens is 332 g/mol. The normalized spacial score (nSPS) is 18.8. The zero-order valence-electron chi connectivity index (χ0n) is 15.7.